The Bertz CT molecular complexity index is 291. The number of aryl methyl sites for hydroxylation is 2. The fraction of sp³-hybridized carbons (Fsp3) is 0.727. The number of hydrogen-bond acceptors (Lipinski definition) is 2. The summed E-state index contributed by atoms with van der Waals surface area (Å²) in [6, 6.07) is 2.23. The summed E-state index contributed by atoms with van der Waals surface area (Å²) in [6.07, 6.45) is 2.08. The molecule has 0 amide bonds. The molecule has 1 aromatic rings. The van der Waals surface area contributed by atoms with Crippen LogP contribution in [0.2, 0.25) is 0 Å². The van der Waals surface area contributed by atoms with Crippen LogP contribution in [0, 0.1) is 5.92 Å². The lowest BCUT2D eigenvalue weighted by molar-refractivity contribution is 0.433. The van der Waals surface area contributed by atoms with Gasteiger partial charge in [-0.05, 0) is 18.4 Å². The molecule has 1 heterocycles. The summed E-state index contributed by atoms with van der Waals surface area (Å²) in [7, 11) is 1.97. The van der Waals surface area contributed by atoms with E-state index < -0.39 is 0 Å². The molecule has 1 aromatic heterocycles. The Morgan fingerprint density at radius 1 is 1.50 bits per heavy atom. The molecule has 0 aromatic carbocycles. The van der Waals surface area contributed by atoms with Gasteiger partial charge >= 0.3 is 0 Å². The first-order valence-corrected chi connectivity index (χ1v) is 5.38. The van der Waals surface area contributed by atoms with Gasteiger partial charge in [-0.1, -0.05) is 27.2 Å². The summed E-state index contributed by atoms with van der Waals surface area (Å²) in [5, 5.41) is 4.40. The second-order valence-corrected chi connectivity index (χ2v) is 3.95. The van der Waals surface area contributed by atoms with Crippen LogP contribution in [-0.2, 0) is 13.5 Å². The van der Waals surface area contributed by atoms with E-state index in [9.17, 15) is 0 Å². The smallest absolute Gasteiger partial charge is 0.0625 e. The Morgan fingerprint density at radius 3 is 2.57 bits per heavy atom. The third-order valence-corrected chi connectivity index (χ3v) is 2.93. The second kappa shape index (κ2) is 4.60. The van der Waals surface area contributed by atoms with Crippen LogP contribution in [0.5, 0.6) is 0 Å². The van der Waals surface area contributed by atoms with Gasteiger partial charge in [0.15, 0.2) is 0 Å². The molecule has 3 nitrogen and oxygen atoms in total. The number of nitrogens with two attached hydrogens (primary N) is 1. The fourth-order valence-corrected chi connectivity index (χ4v) is 1.57. The van der Waals surface area contributed by atoms with Gasteiger partial charge in [-0.15, -0.1) is 0 Å². The maximum Gasteiger partial charge on any atom is 0.0625 e. The highest BCUT2D eigenvalue weighted by Crippen LogP contribution is 2.21. The normalized spacial score (nSPS) is 15.5. The zero-order valence-corrected chi connectivity index (χ0v) is 9.62. The topological polar surface area (TPSA) is 43.8 Å². The Kier molecular flexibility index (Phi) is 3.69. The van der Waals surface area contributed by atoms with Crippen molar-refractivity contribution in [3.8, 4) is 0 Å². The minimum absolute atomic E-state index is 0.109. The van der Waals surface area contributed by atoms with E-state index in [2.05, 4.69) is 31.9 Å². The van der Waals surface area contributed by atoms with Crippen LogP contribution in [-0.4, -0.2) is 9.78 Å². The van der Waals surface area contributed by atoms with Crippen molar-refractivity contribution in [2.45, 2.75) is 39.7 Å². The zero-order valence-electron chi connectivity index (χ0n) is 9.62. The Morgan fingerprint density at radius 2 is 2.14 bits per heavy atom. The van der Waals surface area contributed by atoms with Crippen molar-refractivity contribution >= 4 is 0 Å². The monoisotopic (exact) mass is 195 g/mol. The maximum absolute atomic E-state index is 6.16. The van der Waals surface area contributed by atoms with Crippen molar-refractivity contribution in [2.24, 2.45) is 18.7 Å². The van der Waals surface area contributed by atoms with E-state index in [1.165, 1.54) is 0 Å². The highest BCUT2D eigenvalue weighted by Gasteiger charge is 2.17. The highest BCUT2D eigenvalue weighted by atomic mass is 15.3. The lowest BCUT2D eigenvalue weighted by atomic mass is 9.97. The summed E-state index contributed by atoms with van der Waals surface area (Å²) in [6.45, 7) is 6.46. The van der Waals surface area contributed by atoms with Gasteiger partial charge in [0.1, 0.15) is 0 Å². The number of hydrogen-bond donors (Lipinski definition) is 1. The van der Waals surface area contributed by atoms with Gasteiger partial charge in [0.2, 0.25) is 0 Å². The van der Waals surface area contributed by atoms with Crippen LogP contribution in [0.4, 0.5) is 0 Å². The van der Waals surface area contributed by atoms with Crippen molar-refractivity contribution in [2.75, 3.05) is 0 Å². The van der Waals surface area contributed by atoms with Crippen molar-refractivity contribution in [1.82, 2.24) is 9.78 Å². The molecular formula is C11H21N3. The lowest BCUT2D eigenvalue weighted by Gasteiger charge is -2.18. The van der Waals surface area contributed by atoms with E-state index in [1.54, 1.807) is 0 Å². The molecule has 0 radical (unpaired) electrons. The molecule has 80 valence electrons. The van der Waals surface area contributed by atoms with E-state index in [1.807, 2.05) is 11.7 Å². The van der Waals surface area contributed by atoms with Gasteiger partial charge in [-0.2, -0.15) is 5.10 Å². The largest absolute Gasteiger partial charge is 0.322 e. The predicted octanol–water partition coefficient (Wildman–Crippen LogP) is 2.03. The summed E-state index contributed by atoms with van der Waals surface area (Å²) in [5.74, 6) is 0.509. The van der Waals surface area contributed by atoms with Crippen LogP contribution < -0.4 is 5.73 Å². The average molecular weight is 195 g/mol. The number of aromatic nitrogens is 2. The third kappa shape index (κ3) is 2.15. The molecule has 0 aliphatic rings. The van der Waals surface area contributed by atoms with E-state index in [0.717, 1.165) is 24.2 Å². The second-order valence-electron chi connectivity index (χ2n) is 3.95. The van der Waals surface area contributed by atoms with E-state index >= 15 is 0 Å². The van der Waals surface area contributed by atoms with Crippen molar-refractivity contribution in [3.05, 3.63) is 17.5 Å². The number of rotatable bonds is 4. The molecule has 0 saturated carbocycles. The van der Waals surface area contributed by atoms with Gasteiger partial charge in [0, 0.05) is 13.1 Å². The Balaban J connectivity index is 2.88. The molecule has 1 rings (SSSR count). The average Bonchev–Trinajstić information content (AvgIpc) is 2.57. The molecule has 0 spiro atoms. The van der Waals surface area contributed by atoms with Crippen molar-refractivity contribution in [1.29, 1.82) is 0 Å². The van der Waals surface area contributed by atoms with Crippen LogP contribution in [0.3, 0.4) is 0 Å². The van der Waals surface area contributed by atoms with Gasteiger partial charge in [0.25, 0.3) is 0 Å². The zero-order chi connectivity index (χ0) is 10.7. The van der Waals surface area contributed by atoms with Gasteiger partial charge in [0.05, 0.1) is 11.4 Å². The van der Waals surface area contributed by atoms with Crippen LogP contribution in [0.15, 0.2) is 6.07 Å². The minimum atomic E-state index is 0.109. The lowest BCUT2D eigenvalue weighted by Crippen LogP contribution is -2.21. The van der Waals surface area contributed by atoms with Crippen molar-refractivity contribution < 1.29 is 0 Å². The van der Waals surface area contributed by atoms with E-state index in [4.69, 9.17) is 5.73 Å². The van der Waals surface area contributed by atoms with Crippen LogP contribution >= 0.6 is 0 Å². The molecular weight excluding hydrogens is 174 g/mol. The number of nitrogens with zero attached hydrogens (tertiary/aromatic N) is 2. The Hall–Kier alpha value is -0.830. The summed E-state index contributed by atoms with van der Waals surface area (Å²) in [4.78, 5) is 0. The van der Waals surface area contributed by atoms with Gasteiger partial charge in [-0.3, -0.25) is 4.68 Å². The third-order valence-electron chi connectivity index (χ3n) is 2.93. The highest BCUT2D eigenvalue weighted by molar-refractivity contribution is 5.14. The molecule has 0 fully saturated rings. The summed E-state index contributed by atoms with van der Waals surface area (Å²) in [5.41, 5.74) is 8.43. The van der Waals surface area contributed by atoms with Gasteiger partial charge in [-0.25, -0.2) is 0 Å². The van der Waals surface area contributed by atoms with Crippen molar-refractivity contribution in [3.63, 3.8) is 0 Å². The molecule has 2 unspecified atom stereocenters. The first-order chi connectivity index (χ1) is 6.60. The molecule has 14 heavy (non-hydrogen) atoms. The van der Waals surface area contributed by atoms with Crippen LogP contribution in [0.25, 0.3) is 0 Å². The van der Waals surface area contributed by atoms with E-state index in [0.29, 0.717) is 5.92 Å². The SMILES string of the molecule is CCc1cc(C(N)C(C)CC)n(C)n1. The molecule has 2 atom stereocenters. The van der Waals surface area contributed by atoms with E-state index in [-0.39, 0.29) is 6.04 Å². The molecule has 0 aliphatic heterocycles. The standard InChI is InChI=1S/C11H21N3/c1-5-8(3)11(12)10-7-9(6-2)13-14(10)4/h7-8,11H,5-6,12H2,1-4H3. The maximum atomic E-state index is 6.16. The molecule has 3 heteroatoms. The predicted molar refractivity (Wildman–Crippen MR) is 59.0 cm³/mol. The molecule has 0 aliphatic carbocycles. The Labute approximate surface area is 86.3 Å². The summed E-state index contributed by atoms with van der Waals surface area (Å²) < 4.78 is 1.91. The fourth-order valence-electron chi connectivity index (χ4n) is 1.57. The summed E-state index contributed by atoms with van der Waals surface area (Å²) >= 11 is 0. The first-order valence-electron chi connectivity index (χ1n) is 5.38. The minimum Gasteiger partial charge on any atom is -0.322 e. The first kappa shape index (κ1) is 11.2. The molecule has 0 saturated heterocycles. The molecule has 0 bridgehead atoms. The quantitative estimate of drug-likeness (QED) is 0.799. The van der Waals surface area contributed by atoms with Gasteiger partial charge < -0.3 is 5.73 Å². The van der Waals surface area contributed by atoms with Crippen LogP contribution in [0.1, 0.15) is 44.6 Å². The molecule has 2 N–H and O–H groups in total.